The Morgan fingerprint density at radius 1 is 1.25 bits per heavy atom. The zero-order chi connectivity index (χ0) is 11.8. The second kappa shape index (κ2) is 7.03. The second-order valence-electron chi connectivity index (χ2n) is 4.05. The van der Waals surface area contributed by atoms with Crippen LogP contribution in [0.5, 0.6) is 0 Å². The minimum Gasteiger partial charge on any atom is -0.298 e. The lowest BCUT2D eigenvalue weighted by Gasteiger charge is -2.22. The first-order chi connectivity index (χ1) is 7.80. The molecule has 1 aromatic rings. The van der Waals surface area contributed by atoms with E-state index in [-0.39, 0.29) is 5.92 Å². The monoisotopic (exact) mass is 216 g/mol. The van der Waals surface area contributed by atoms with E-state index in [1.165, 1.54) is 5.56 Å². The molecule has 0 fully saturated rings. The van der Waals surface area contributed by atoms with Crippen molar-refractivity contribution < 1.29 is 0 Å². The van der Waals surface area contributed by atoms with Gasteiger partial charge < -0.3 is 0 Å². The van der Waals surface area contributed by atoms with Gasteiger partial charge in [0.25, 0.3) is 0 Å². The van der Waals surface area contributed by atoms with E-state index in [9.17, 15) is 0 Å². The molecule has 16 heavy (non-hydrogen) atoms. The van der Waals surface area contributed by atoms with E-state index < -0.39 is 0 Å². The van der Waals surface area contributed by atoms with Crippen LogP contribution in [0, 0.1) is 17.2 Å². The highest BCUT2D eigenvalue weighted by Crippen LogP contribution is 2.09. The standard InChI is InChI=1S/C14H20N2/c1-3-13(10-15)11-16(4-2)12-14-8-6-5-7-9-14/h5-9,13H,3-4,11-12H2,1-2H3. The lowest BCUT2D eigenvalue weighted by Crippen LogP contribution is -2.28. The van der Waals surface area contributed by atoms with Crippen LogP contribution in [0.15, 0.2) is 30.3 Å². The van der Waals surface area contributed by atoms with Crippen molar-refractivity contribution in [2.24, 2.45) is 5.92 Å². The fourth-order valence-corrected chi connectivity index (χ4v) is 1.72. The molecular weight excluding hydrogens is 196 g/mol. The molecule has 1 unspecified atom stereocenters. The minimum atomic E-state index is 0.156. The summed E-state index contributed by atoms with van der Waals surface area (Å²) in [4.78, 5) is 2.33. The quantitative estimate of drug-likeness (QED) is 0.730. The Kier molecular flexibility index (Phi) is 5.60. The maximum absolute atomic E-state index is 8.96. The van der Waals surface area contributed by atoms with E-state index in [1.54, 1.807) is 0 Å². The molecule has 86 valence electrons. The normalized spacial score (nSPS) is 12.4. The topological polar surface area (TPSA) is 27.0 Å². The highest BCUT2D eigenvalue weighted by molar-refractivity contribution is 5.14. The molecule has 0 spiro atoms. The Morgan fingerprint density at radius 3 is 2.44 bits per heavy atom. The molecule has 1 atom stereocenters. The number of hydrogen-bond acceptors (Lipinski definition) is 2. The zero-order valence-corrected chi connectivity index (χ0v) is 10.2. The summed E-state index contributed by atoms with van der Waals surface area (Å²) >= 11 is 0. The molecule has 0 heterocycles. The highest BCUT2D eigenvalue weighted by atomic mass is 15.1. The van der Waals surface area contributed by atoms with Crippen molar-refractivity contribution >= 4 is 0 Å². The maximum atomic E-state index is 8.96. The number of nitriles is 1. The molecule has 0 radical (unpaired) electrons. The zero-order valence-electron chi connectivity index (χ0n) is 10.2. The fraction of sp³-hybridized carbons (Fsp3) is 0.500. The van der Waals surface area contributed by atoms with Gasteiger partial charge in [-0.05, 0) is 18.5 Å². The largest absolute Gasteiger partial charge is 0.298 e. The van der Waals surface area contributed by atoms with Gasteiger partial charge in [0.2, 0.25) is 0 Å². The van der Waals surface area contributed by atoms with Crippen LogP contribution >= 0.6 is 0 Å². The van der Waals surface area contributed by atoms with Gasteiger partial charge in [-0.1, -0.05) is 44.2 Å². The molecular formula is C14H20N2. The third-order valence-electron chi connectivity index (χ3n) is 2.85. The summed E-state index contributed by atoms with van der Waals surface area (Å²) in [5.74, 6) is 0.156. The lowest BCUT2D eigenvalue weighted by molar-refractivity contribution is 0.252. The average molecular weight is 216 g/mol. The molecule has 0 N–H and O–H groups in total. The first kappa shape index (κ1) is 12.7. The summed E-state index contributed by atoms with van der Waals surface area (Å²) in [5.41, 5.74) is 1.32. The van der Waals surface area contributed by atoms with E-state index in [0.717, 1.165) is 26.1 Å². The van der Waals surface area contributed by atoms with Gasteiger partial charge >= 0.3 is 0 Å². The Hall–Kier alpha value is -1.33. The van der Waals surface area contributed by atoms with Gasteiger partial charge in [0.15, 0.2) is 0 Å². The van der Waals surface area contributed by atoms with Gasteiger partial charge in [0.1, 0.15) is 0 Å². The predicted molar refractivity (Wildman–Crippen MR) is 66.8 cm³/mol. The van der Waals surface area contributed by atoms with Crippen LogP contribution < -0.4 is 0 Å². The smallest absolute Gasteiger partial charge is 0.0669 e. The predicted octanol–water partition coefficient (Wildman–Crippen LogP) is 3.06. The summed E-state index contributed by atoms with van der Waals surface area (Å²) < 4.78 is 0. The Bertz CT molecular complexity index is 326. The van der Waals surface area contributed by atoms with Gasteiger partial charge in [-0.25, -0.2) is 0 Å². The molecule has 0 amide bonds. The van der Waals surface area contributed by atoms with Crippen LogP contribution in [-0.2, 0) is 6.54 Å². The van der Waals surface area contributed by atoms with Gasteiger partial charge in [-0.15, -0.1) is 0 Å². The summed E-state index contributed by atoms with van der Waals surface area (Å²) in [6.07, 6.45) is 0.932. The Balaban J connectivity index is 2.53. The van der Waals surface area contributed by atoms with E-state index >= 15 is 0 Å². The van der Waals surface area contributed by atoms with Crippen molar-refractivity contribution in [3.63, 3.8) is 0 Å². The third-order valence-corrected chi connectivity index (χ3v) is 2.85. The van der Waals surface area contributed by atoms with E-state index in [2.05, 4.69) is 49.1 Å². The Labute approximate surface area is 98.5 Å². The minimum absolute atomic E-state index is 0.156. The first-order valence-corrected chi connectivity index (χ1v) is 5.96. The molecule has 1 rings (SSSR count). The van der Waals surface area contributed by atoms with Gasteiger partial charge in [-0.3, -0.25) is 4.90 Å². The molecule has 0 saturated heterocycles. The molecule has 0 aliphatic heterocycles. The van der Waals surface area contributed by atoms with Gasteiger partial charge in [-0.2, -0.15) is 5.26 Å². The van der Waals surface area contributed by atoms with Crippen LogP contribution in [-0.4, -0.2) is 18.0 Å². The molecule has 0 aliphatic rings. The molecule has 0 bridgehead atoms. The van der Waals surface area contributed by atoms with Crippen LogP contribution in [0.25, 0.3) is 0 Å². The Morgan fingerprint density at radius 2 is 1.94 bits per heavy atom. The molecule has 1 aromatic carbocycles. The average Bonchev–Trinajstić information content (AvgIpc) is 2.35. The van der Waals surface area contributed by atoms with Crippen molar-refractivity contribution in [1.82, 2.24) is 4.90 Å². The van der Waals surface area contributed by atoms with E-state index in [0.29, 0.717) is 0 Å². The van der Waals surface area contributed by atoms with Crippen LogP contribution in [0.4, 0.5) is 0 Å². The van der Waals surface area contributed by atoms with Crippen molar-refractivity contribution in [3.05, 3.63) is 35.9 Å². The second-order valence-corrected chi connectivity index (χ2v) is 4.05. The van der Waals surface area contributed by atoms with Crippen molar-refractivity contribution in [3.8, 4) is 6.07 Å². The van der Waals surface area contributed by atoms with Crippen LogP contribution in [0.1, 0.15) is 25.8 Å². The summed E-state index contributed by atoms with van der Waals surface area (Å²) in [6.45, 7) is 7.03. The summed E-state index contributed by atoms with van der Waals surface area (Å²) in [5, 5.41) is 8.96. The molecule has 2 nitrogen and oxygen atoms in total. The first-order valence-electron chi connectivity index (χ1n) is 5.96. The molecule has 0 aliphatic carbocycles. The van der Waals surface area contributed by atoms with Crippen LogP contribution in [0.2, 0.25) is 0 Å². The van der Waals surface area contributed by atoms with Crippen molar-refractivity contribution in [2.45, 2.75) is 26.8 Å². The number of nitrogens with zero attached hydrogens (tertiary/aromatic N) is 2. The van der Waals surface area contributed by atoms with E-state index in [4.69, 9.17) is 5.26 Å². The SMILES string of the molecule is CCC(C#N)CN(CC)Cc1ccccc1. The van der Waals surface area contributed by atoms with Crippen molar-refractivity contribution in [2.75, 3.05) is 13.1 Å². The number of rotatable bonds is 6. The van der Waals surface area contributed by atoms with Gasteiger partial charge in [0, 0.05) is 13.1 Å². The highest BCUT2D eigenvalue weighted by Gasteiger charge is 2.10. The van der Waals surface area contributed by atoms with Gasteiger partial charge in [0.05, 0.1) is 12.0 Å². The summed E-state index contributed by atoms with van der Waals surface area (Å²) in [6, 6.07) is 12.8. The fourth-order valence-electron chi connectivity index (χ4n) is 1.72. The lowest BCUT2D eigenvalue weighted by atomic mass is 10.1. The molecule has 0 aromatic heterocycles. The number of hydrogen-bond donors (Lipinski definition) is 0. The van der Waals surface area contributed by atoms with Crippen molar-refractivity contribution in [1.29, 1.82) is 5.26 Å². The number of benzene rings is 1. The van der Waals surface area contributed by atoms with E-state index in [1.807, 2.05) is 6.07 Å². The molecule has 2 heteroatoms. The summed E-state index contributed by atoms with van der Waals surface area (Å²) in [7, 11) is 0. The third kappa shape index (κ3) is 4.04. The maximum Gasteiger partial charge on any atom is 0.0669 e. The molecule has 0 saturated carbocycles. The van der Waals surface area contributed by atoms with Crippen LogP contribution in [0.3, 0.4) is 0 Å².